The molecule has 0 unspecified atom stereocenters. The van der Waals surface area contributed by atoms with Gasteiger partial charge in [-0.2, -0.15) is 0 Å². The SMILES string of the molecule is CN(C)[C@@H]1CCN(c2cc(F)c(Br)cc2[N+](=O)[O-])C1. The summed E-state index contributed by atoms with van der Waals surface area (Å²) in [5.74, 6) is -0.478. The van der Waals surface area contributed by atoms with E-state index in [-0.39, 0.29) is 10.2 Å². The van der Waals surface area contributed by atoms with Crippen molar-refractivity contribution in [2.75, 3.05) is 32.1 Å². The molecule has 0 bridgehead atoms. The summed E-state index contributed by atoms with van der Waals surface area (Å²) in [6.45, 7) is 1.37. The molecule has 0 aliphatic carbocycles. The van der Waals surface area contributed by atoms with Crippen LogP contribution in [0, 0.1) is 15.9 Å². The zero-order chi connectivity index (χ0) is 14.2. The van der Waals surface area contributed by atoms with Crippen LogP contribution < -0.4 is 4.90 Å². The molecule has 2 rings (SSSR count). The molecule has 1 saturated heterocycles. The highest BCUT2D eigenvalue weighted by Crippen LogP contribution is 2.35. The van der Waals surface area contributed by atoms with E-state index in [0.29, 0.717) is 24.8 Å². The van der Waals surface area contributed by atoms with E-state index in [1.54, 1.807) is 0 Å². The van der Waals surface area contributed by atoms with E-state index in [1.165, 1.54) is 12.1 Å². The van der Waals surface area contributed by atoms with E-state index in [2.05, 4.69) is 20.8 Å². The summed E-state index contributed by atoms with van der Waals surface area (Å²) in [6.07, 6.45) is 0.918. The van der Waals surface area contributed by atoms with Gasteiger partial charge in [-0.25, -0.2) is 4.39 Å². The maximum Gasteiger partial charge on any atom is 0.293 e. The normalized spacial score (nSPS) is 19.2. The number of hydrogen-bond acceptors (Lipinski definition) is 4. The van der Waals surface area contributed by atoms with Gasteiger partial charge in [0.05, 0.1) is 9.40 Å². The van der Waals surface area contributed by atoms with Crippen molar-refractivity contribution in [3.8, 4) is 0 Å². The molecule has 0 N–H and O–H groups in total. The Labute approximate surface area is 119 Å². The van der Waals surface area contributed by atoms with Gasteiger partial charge in [-0.15, -0.1) is 0 Å². The largest absolute Gasteiger partial charge is 0.364 e. The summed E-state index contributed by atoms with van der Waals surface area (Å²) in [5, 5.41) is 11.1. The molecular weight excluding hydrogens is 317 g/mol. The molecule has 1 atom stereocenters. The van der Waals surface area contributed by atoms with Gasteiger partial charge in [0, 0.05) is 31.3 Å². The van der Waals surface area contributed by atoms with E-state index >= 15 is 0 Å². The third-order valence-corrected chi connectivity index (χ3v) is 4.06. The molecule has 104 valence electrons. The fourth-order valence-electron chi connectivity index (χ4n) is 2.31. The summed E-state index contributed by atoms with van der Waals surface area (Å²) in [4.78, 5) is 14.6. The summed E-state index contributed by atoms with van der Waals surface area (Å²) < 4.78 is 13.7. The van der Waals surface area contributed by atoms with Crippen LogP contribution in [-0.4, -0.2) is 43.0 Å². The van der Waals surface area contributed by atoms with Crippen molar-refractivity contribution < 1.29 is 9.31 Å². The summed E-state index contributed by atoms with van der Waals surface area (Å²) >= 11 is 2.99. The zero-order valence-corrected chi connectivity index (χ0v) is 12.4. The molecule has 0 amide bonds. The number of rotatable bonds is 3. The fraction of sp³-hybridized carbons (Fsp3) is 0.500. The highest BCUT2D eigenvalue weighted by molar-refractivity contribution is 9.10. The molecule has 1 aromatic rings. The Morgan fingerprint density at radius 2 is 2.21 bits per heavy atom. The van der Waals surface area contributed by atoms with Gasteiger partial charge in [0.2, 0.25) is 0 Å². The molecular formula is C12H15BrFN3O2. The van der Waals surface area contributed by atoms with Crippen molar-refractivity contribution in [2.45, 2.75) is 12.5 Å². The minimum atomic E-state index is -0.478. The van der Waals surface area contributed by atoms with Crippen molar-refractivity contribution in [1.82, 2.24) is 4.90 Å². The van der Waals surface area contributed by atoms with Gasteiger partial charge in [0.1, 0.15) is 11.5 Å². The minimum Gasteiger partial charge on any atom is -0.364 e. The molecule has 7 heteroatoms. The van der Waals surface area contributed by atoms with Crippen LogP contribution in [0.15, 0.2) is 16.6 Å². The van der Waals surface area contributed by atoms with Crippen molar-refractivity contribution in [3.63, 3.8) is 0 Å². The lowest BCUT2D eigenvalue weighted by atomic mass is 10.2. The first-order chi connectivity index (χ1) is 8.90. The van der Waals surface area contributed by atoms with Crippen LogP contribution in [-0.2, 0) is 0 Å². The van der Waals surface area contributed by atoms with Crippen LogP contribution in [0.25, 0.3) is 0 Å². The average molecular weight is 332 g/mol. The Balaban J connectivity index is 2.34. The quantitative estimate of drug-likeness (QED) is 0.631. The highest BCUT2D eigenvalue weighted by atomic mass is 79.9. The third-order valence-electron chi connectivity index (χ3n) is 3.45. The number of hydrogen-bond donors (Lipinski definition) is 0. The van der Waals surface area contributed by atoms with Crippen LogP contribution in [0.3, 0.4) is 0 Å². The summed E-state index contributed by atoms with van der Waals surface area (Å²) in [5.41, 5.74) is 0.294. The highest BCUT2D eigenvalue weighted by Gasteiger charge is 2.29. The lowest BCUT2D eigenvalue weighted by molar-refractivity contribution is -0.384. The summed E-state index contributed by atoms with van der Waals surface area (Å²) in [6, 6.07) is 2.81. The topological polar surface area (TPSA) is 49.6 Å². The van der Waals surface area contributed by atoms with E-state index in [9.17, 15) is 14.5 Å². The van der Waals surface area contributed by atoms with Crippen molar-refractivity contribution in [1.29, 1.82) is 0 Å². The van der Waals surface area contributed by atoms with Gasteiger partial charge < -0.3 is 9.80 Å². The van der Waals surface area contributed by atoms with Gasteiger partial charge >= 0.3 is 0 Å². The van der Waals surface area contributed by atoms with Gasteiger partial charge in [0.15, 0.2) is 0 Å². The fourth-order valence-corrected chi connectivity index (χ4v) is 2.64. The van der Waals surface area contributed by atoms with Gasteiger partial charge in [-0.05, 0) is 36.4 Å². The second-order valence-corrected chi connectivity index (χ2v) is 5.72. The lowest BCUT2D eigenvalue weighted by Crippen LogP contribution is -2.31. The second kappa shape index (κ2) is 5.42. The third kappa shape index (κ3) is 2.87. The van der Waals surface area contributed by atoms with Gasteiger partial charge in [-0.1, -0.05) is 0 Å². The standard InChI is InChI=1S/C12H15BrFN3O2/c1-15(2)8-3-4-16(7-8)11-6-10(14)9(13)5-12(11)17(18)19/h5-6,8H,3-4,7H2,1-2H3/t8-/m1/s1. The smallest absolute Gasteiger partial charge is 0.293 e. The number of halogens is 2. The Morgan fingerprint density at radius 3 is 2.74 bits per heavy atom. The number of anilines is 1. The molecule has 19 heavy (non-hydrogen) atoms. The first-order valence-corrected chi connectivity index (χ1v) is 6.74. The van der Waals surface area contributed by atoms with Crippen LogP contribution in [0.1, 0.15) is 6.42 Å². The van der Waals surface area contributed by atoms with E-state index in [1.807, 2.05) is 19.0 Å². The number of nitro groups is 1. The van der Waals surface area contributed by atoms with E-state index in [4.69, 9.17) is 0 Å². The molecule has 0 aromatic heterocycles. The molecule has 1 fully saturated rings. The lowest BCUT2D eigenvalue weighted by Gasteiger charge is -2.21. The number of benzene rings is 1. The number of nitrogens with zero attached hydrogens (tertiary/aromatic N) is 3. The van der Waals surface area contributed by atoms with Gasteiger partial charge in [0.25, 0.3) is 5.69 Å². The average Bonchev–Trinajstić information content (AvgIpc) is 2.81. The molecule has 0 spiro atoms. The predicted molar refractivity (Wildman–Crippen MR) is 75.1 cm³/mol. The van der Waals surface area contributed by atoms with Crippen molar-refractivity contribution in [2.24, 2.45) is 0 Å². The molecule has 0 saturated carbocycles. The summed E-state index contributed by atoms with van der Waals surface area (Å²) in [7, 11) is 3.95. The monoisotopic (exact) mass is 331 g/mol. The Kier molecular flexibility index (Phi) is 4.05. The molecule has 1 aromatic carbocycles. The maximum atomic E-state index is 13.6. The Bertz CT molecular complexity index is 510. The maximum absolute atomic E-state index is 13.6. The molecule has 1 aliphatic rings. The minimum absolute atomic E-state index is 0.0623. The molecule has 1 heterocycles. The molecule has 1 aliphatic heterocycles. The Hall–Kier alpha value is -1.21. The number of likely N-dealkylation sites (N-methyl/N-ethyl adjacent to an activating group) is 1. The Morgan fingerprint density at radius 1 is 1.53 bits per heavy atom. The second-order valence-electron chi connectivity index (χ2n) is 4.86. The van der Waals surface area contributed by atoms with Crippen LogP contribution in [0.5, 0.6) is 0 Å². The van der Waals surface area contributed by atoms with Gasteiger partial charge in [-0.3, -0.25) is 10.1 Å². The zero-order valence-electron chi connectivity index (χ0n) is 10.8. The predicted octanol–water partition coefficient (Wildman–Crippen LogP) is 2.64. The van der Waals surface area contributed by atoms with Crippen LogP contribution in [0.4, 0.5) is 15.8 Å². The van der Waals surface area contributed by atoms with E-state index in [0.717, 1.165) is 6.42 Å². The molecule has 0 radical (unpaired) electrons. The molecule has 5 nitrogen and oxygen atoms in total. The number of nitro benzene ring substituents is 1. The first-order valence-electron chi connectivity index (χ1n) is 5.95. The first kappa shape index (κ1) is 14.2. The van der Waals surface area contributed by atoms with Crippen molar-refractivity contribution in [3.05, 3.63) is 32.5 Å². The van der Waals surface area contributed by atoms with Crippen molar-refractivity contribution >= 4 is 27.3 Å². The van der Waals surface area contributed by atoms with E-state index < -0.39 is 10.7 Å². The van der Waals surface area contributed by atoms with Crippen LogP contribution in [0.2, 0.25) is 0 Å². The van der Waals surface area contributed by atoms with Crippen LogP contribution >= 0.6 is 15.9 Å².